The van der Waals surface area contributed by atoms with E-state index in [1.165, 1.54) is 6.20 Å². The van der Waals surface area contributed by atoms with Crippen LogP contribution in [0.4, 0.5) is 10.6 Å². The number of carbonyl (C=O) groups is 3. The Balaban J connectivity index is 1.56. The Morgan fingerprint density at radius 3 is 2.43 bits per heavy atom. The first kappa shape index (κ1) is 26.0. The van der Waals surface area contributed by atoms with Crippen molar-refractivity contribution < 1.29 is 23.9 Å². The Bertz CT molecular complexity index is 981. The summed E-state index contributed by atoms with van der Waals surface area (Å²) < 4.78 is 10.3. The Morgan fingerprint density at radius 1 is 1.00 bits per heavy atom. The van der Waals surface area contributed by atoms with Crippen molar-refractivity contribution in [1.82, 2.24) is 15.2 Å². The summed E-state index contributed by atoms with van der Waals surface area (Å²) in [6.07, 6.45) is 1.67. The second-order valence-corrected chi connectivity index (χ2v) is 8.72. The monoisotopic (exact) mass is 482 g/mol. The number of nitrogens with zero attached hydrogens (tertiary/aromatic N) is 3. The molecule has 0 unspecified atom stereocenters. The Morgan fingerprint density at radius 2 is 1.77 bits per heavy atom. The normalized spacial score (nSPS) is 14.7. The molecule has 0 bridgehead atoms. The largest absolute Gasteiger partial charge is 0.462 e. The van der Waals surface area contributed by atoms with E-state index in [0.29, 0.717) is 31.8 Å². The number of rotatable bonds is 8. The minimum Gasteiger partial charge on any atom is -0.462 e. The summed E-state index contributed by atoms with van der Waals surface area (Å²) in [5.74, 6) is 0.136. The first-order chi connectivity index (χ1) is 16.9. The van der Waals surface area contributed by atoms with Crippen molar-refractivity contribution in [3.05, 3.63) is 59.8 Å². The summed E-state index contributed by atoms with van der Waals surface area (Å²) in [4.78, 5) is 45.8. The second kappa shape index (κ2) is 12.7. The van der Waals surface area contributed by atoms with E-state index in [4.69, 9.17) is 9.47 Å². The van der Waals surface area contributed by atoms with E-state index in [2.05, 4.69) is 15.2 Å². The Hall–Kier alpha value is -3.62. The number of benzene rings is 1. The molecule has 0 aliphatic carbocycles. The zero-order valence-corrected chi connectivity index (χ0v) is 20.6. The molecule has 9 heteroatoms. The van der Waals surface area contributed by atoms with E-state index < -0.39 is 18.1 Å². The Kier molecular flexibility index (Phi) is 9.46. The number of ether oxygens (including phenoxy) is 2. The van der Waals surface area contributed by atoms with E-state index >= 15 is 0 Å². The fourth-order valence-corrected chi connectivity index (χ4v) is 3.88. The van der Waals surface area contributed by atoms with E-state index in [-0.39, 0.29) is 18.4 Å². The lowest BCUT2D eigenvalue weighted by atomic mass is 10.0. The van der Waals surface area contributed by atoms with Gasteiger partial charge in [-0.1, -0.05) is 44.2 Å². The van der Waals surface area contributed by atoms with Crippen LogP contribution in [0.1, 0.15) is 43.1 Å². The van der Waals surface area contributed by atoms with Crippen LogP contribution in [0.25, 0.3) is 0 Å². The number of carbonyl (C=O) groups excluding carboxylic acids is 3. The van der Waals surface area contributed by atoms with Crippen LogP contribution >= 0.6 is 0 Å². The third-order valence-corrected chi connectivity index (χ3v) is 5.81. The van der Waals surface area contributed by atoms with Gasteiger partial charge in [0.1, 0.15) is 18.5 Å². The number of hydrogen-bond donors (Lipinski definition) is 1. The number of hydrogen-bond acceptors (Lipinski definition) is 7. The average Bonchev–Trinajstić information content (AvgIpc) is 3.13. The van der Waals surface area contributed by atoms with Gasteiger partial charge in [0.25, 0.3) is 0 Å². The highest BCUT2D eigenvalue weighted by Crippen LogP contribution is 2.16. The van der Waals surface area contributed by atoms with E-state index in [9.17, 15) is 14.4 Å². The van der Waals surface area contributed by atoms with Gasteiger partial charge in [0.2, 0.25) is 5.91 Å². The summed E-state index contributed by atoms with van der Waals surface area (Å²) in [6.45, 7) is 8.44. The van der Waals surface area contributed by atoms with Crippen LogP contribution in [0.3, 0.4) is 0 Å². The minimum atomic E-state index is -0.674. The van der Waals surface area contributed by atoms with Gasteiger partial charge in [0.15, 0.2) is 0 Å². The van der Waals surface area contributed by atoms with Crippen LogP contribution < -0.4 is 10.2 Å². The molecule has 1 aliphatic heterocycles. The molecule has 1 N–H and O–H groups in total. The van der Waals surface area contributed by atoms with Gasteiger partial charge in [0.05, 0.1) is 12.2 Å². The number of aromatic nitrogens is 1. The molecule has 2 aromatic rings. The predicted molar refractivity (Wildman–Crippen MR) is 132 cm³/mol. The first-order valence-corrected chi connectivity index (χ1v) is 12.0. The van der Waals surface area contributed by atoms with Gasteiger partial charge in [-0.05, 0) is 37.0 Å². The van der Waals surface area contributed by atoms with Gasteiger partial charge in [-0.25, -0.2) is 14.6 Å². The summed E-state index contributed by atoms with van der Waals surface area (Å²) in [5, 5.41) is 2.75. The zero-order chi connectivity index (χ0) is 25.2. The summed E-state index contributed by atoms with van der Waals surface area (Å²) >= 11 is 0. The zero-order valence-electron chi connectivity index (χ0n) is 20.6. The highest BCUT2D eigenvalue weighted by atomic mass is 16.5. The van der Waals surface area contributed by atoms with Crippen molar-refractivity contribution in [1.29, 1.82) is 0 Å². The molecule has 1 aliphatic rings. The minimum absolute atomic E-state index is 0.0942. The van der Waals surface area contributed by atoms with Gasteiger partial charge >= 0.3 is 12.1 Å². The van der Waals surface area contributed by atoms with Crippen molar-refractivity contribution >= 4 is 23.8 Å². The number of esters is 1. The molecule has 0 spiro atoms. The third kappa shape index (κ3) is 7.43. The van der Waals surface area contributed by atoms with Gasteiger partial charge < -0.3 is 24.6 Å². The standard InChI is InChI=1S/C26H34N4O5/c1-4-34-25(32)21-11-12-22(27-17-21)29-13-8-14-30(16-15-29)24(31)23(19(2)3)28-26(33)35-18-20-9-6-5-7-10-20/h5-7,9-12,17,19,23H,4,8,13-16,18H2,1-3H3,(H,28,33)/t23-/m0/s1. The molecule has 1 fully saturated rings. The molecule has 35 heavy (non-hydrogen) atoms. The molecule has 1 aromatic heterocycles. The molecule has 1 aromatic carbocycles. The maximum atomic E-state index is 13.3. The molecule has 1 saturated heterocycles. The van der Waals surface area contributed by atoms with Crippen LogP contribution in [0.2, 0.25) is 0 Å². The van der Waals surface area contributed by atoms with Crippen LogP contribution in [-0.4, -0.2) is 66.7 Å². The van der Waals surface area contributed by atoms with E-state index in [1.807, 2.05) is 44.2 Å². The Labute approximate surface area is 206 Å². The summed E-state index contributed by atoms with van der Waals surface area (Å²) in [5.41, 5.74) is 1.29. The number of pyridine rings is 1. The molecular weight excluding hydrogens is 448 g/mol. The highest BCUT2D eigenvalue weighted by Gasteiger charge is 2.30. The second-order valence-electron chi connectivity index (χ2n) is 8.72. The quantitative estimate of drug-likeness (QED) is 0.577. The van der Waals surface area contributed by atoms with Crippen LogP contribution in [0.15, 0.2) is 48.7 Å². The fourth-order valence-electron chi connectivity index (χ4n) is 3.88. The van der Waals surface area contributed by atoms with E-state index in [0.717, 1.165) is 24.3 Å². The first-order valence-electron chi connectivity index (χ1n) is 12.0. The van der Waals surface area contributed by atoms with Crippen molar-refractivity contribution in [2.24, 2.45) is 5.92 Å². The van der Waals surface area contributed by atoms with Gasteiger partial charge in [0, 0.05) is 32.4 Å². The van der Waals surface area contributed by atoms with Crippen LogP contribution in [-0.2, 0) is 20.9 Å². The molecular formula is C26H34N4O5. The number of nitrogens with one attached hydrogen (secondary N) is 1. The molecule has 0 saturated carbocycles. The lowest BCUT2D eigenvalue weighted by Crippen LogP contribution is -2.52. The third-order valence-electron chi connectivity index (χ3n) is 5.81. The maximum absolute atomic E-state index is 13.3. The topological polar surface area (TPSA) is 101 Å². The van der Waals surface area contributed by atoms with Crippen LogP contribution in [0, 0.1) is 5.92 Å². The maximum Gasteiger partial charge on any atom is 0.408 e. The molecule has 1 atom stereocenters. The van der Waals surface area contributed by atoms with Crippen molar-refractivity contribution in [2.75, 3.05) is 37.7 Å². The molecule has 2 heterocycles. The summed E-state index contributed by atoms with van der Waals surface area (Å²) in [6, 6.07) is 12.2. The molecule has 3 rings (SSSR count). The van der Waals surface area contributed by atoms with Gasteiger partial charge in [-0.2, -0.15) is 0 Å². The highest BCUT2D eigenvalue weighted by molar-refractivity contribution is 5.89. The molecule has 2 amide bonds. The average molecular weight is 483 g/mol. The van der Waals surface area contributed by atoms with E-state index in [1.54, 1.807) is 24.0 Å². The van der Waals surface area contributed by atoms with Crippen molar-refractivity contribution in [3.8, 4) is 0 Å². The van der Waals surface area contributed by atoms with Crippen molar-refractivity contribution in [2.45, 2.75) is 39.8 Å². The van der Waals surface area contributed by atoms with Crippen LogP contribution in [0.5, 0.6) is 0 Å². The lowest BCUT2D eigenvalue weighted by Gasteiger charge is -2.29. The predicted octanol–water partition coefficient (Wildman–Crippen LogP) is 3.25. The fraction of sp³-hybridized carbons (Fsp3) is 0.462. The summed E-state index contributed by atoms with van der Waals surface area (Å²) in [7, 11) is 0. The number of anilines is 1. The van der Waals surface area contributed by atoms with Crippen molar-refractivity contribution in [3.63, 3.8) is 0 Å². The molecule has 9 nitrogen and oxygen atoms in total. The number of alkyl carbamates (subject to hydrolysis) is 1. The SMILES string of the molecule is CCOC(=O)c1ccc(N2CCCN(C(=O)[C@@H](NC(=O)OCc3ccccc3)C(C)C)CC2)nc1. The lowest BCUT2D eigenvalue weighted by molar-refractivity contribution is -0.134. The van der Waals surface area contributed by atoms with Gasteiger partial charge in [-0.15, -0.1) is 0 Å². The number of amides is 2. The smallest absolute Gasteiger partial charge is 0.408 e. The molecule has 188 valence electrons. The molecule has 0 radical (unpaired) electrons. The van der Waals surface area contributed by atoms with Gasteiger partial charge in [-0.3, -0.25) is 4.79 Å².